The molecule has 0 aromatic heterocycles. The van der Waals surface area contributed by atoms with E-state index >= 15 is 0 Å². The van der Waals surface area contributed by atoms with Crippen LogP contribution < -0.4 is 21.7 Å². The Bertz CT molecular complexity index is 882. The van der Waals surface area contributed by atoms with Crippen molar-refractivity contribution in [3.05, 3.63) is 0 Å². The van der Waals surface area contributed by atoms with Crippen molar-refractivity contribution in [1.29, 1.82) is 0 Å². The molecule has 3 rings (SSSR count). The van der Waals surface area contributed by atoms with E-state index in [0.29, 0.717) is 19.5 Å². The minimum atomic E-state index is -1.02. The van der Waals surface area contributed by atoms with Gasteiger partial charge in [-0.05, 0) is 35.5 Å². The molecule has 5 amide bonds. The van der Waals surface area contributed by atoms with E-state index in [2.05, 4.69) is 16.0 Å². The number of hydrogen-bond donors (Lipinski definition) is 4. The summed E-state index contributed by atoms with van der Waals surface area (Å²) in [5.74, 6) is -2.11. The van der Waals surface area contributed by atoms with Crippen LogP contribution in [0.4, 0.5) is 4.79 Å². The van der Waals surface area contributed by atoms with Gasteiger partial charge in [0.2, 0.25) is 23.6 Å². The number of alkyl carbamates (subject to hydrolysis) is 1. The van der Waals surface area contributed by atoms with Gasteiger partial charge in [0.15, 0.2) is 0 Å². The number of primary amides is 1. The maximum absolute atomic E-state index is 13.6. The lowest BCUT2D eigenvalue weighted by molar-refractivity contribution is -0.144. The number of carbonyl (C=O) groups excluding carboxylic acids is 5. The number of nitrogens with zero attached hydrogens (tertiary/aromatic N) is 1. The van der Waals surface area contributed by atoms with Gasteiger partial charge < -0.3 is 31.3 Å². The van der Waals surface area contributed by atoms with Crippen molar-refractivity contribution >= 4 is 29.7 Å². The first-order valence-electron chi connectivity index (χ1n) is 11.7. The van der Waals surface area contributed by atoms with Gasteiger partial charge in [0.1, 0.15) is 18.1 Å². The number of nitrogens with one attached hydrogen (secondary N) is 3. The molecule has 3 fully saturated rings. The SMILES string of the molecule is COC(=O)N[C@H](C(=O)N1C[C@H]2[C@@H]([C@H]1C(=O)N[C@@H](C[C@@H]1CCNC1=O)C(N)=O)C2(C)C)C(C)(C)C. The Morgan fingerprint density at radius 1 is 1.24 bits per heavy atom. The Hall–Kier alpha value is -2.85. The Labute approximate surface area is 199 Å². The van der Waals surface area contributed by atoms with Crippen molar-refractivity contribution in [3.63, 3.8) is 0 Å². The molecule has 2 saturated heterocycles. The van der Waals surface area contributed by atoms with Crippen LogP contribution in [0.15, 0.2) is 0 Å². The van der Waals surface area contributed by atoms with Crippen LogP contribution in [0, 0.1) is 28.6 Å². The predicted molar refractivity (Wildman–Crippen MR) is 122 cm³/mol. The van der Waals surface area contributed by atoms with Crippen molar-refractivity contribution in [2.75, 3.05) is 20.2 Å². The molecule has 0 radical (unpaired) electrons. The number of rotatable bonds is 7. The molecule has 11 heteroatoms. The van der Waals surface area contributed by atoms with E-state index in [1.54, 1.807) is 0 Å². The van der Waals surface area contributed by atoms with Gasteiger partial charge in [-0.2, -0.15) is 0 Å². The van der Waals surface area contributed by atoms with Crippen molar-refractivity contribution < 1.29 is 28.7 Å². The first kappa shape index (κ1) is 25.8. The number of fused-ring (bicyclic) bond motifs is 1. The summed E-state index contributed by atoms with van der Waals surface area (Å²) in [7, 11) is 1.22. The molecule has 1 saturated carbocycles. The van der Waals surface area contributed by atoms with Gasteiger partial charge in [0.25, 0.3) is 0 Å². The minimum absolute atomic E-state index is 0.0847. The van der Waals surface area contributed by atoms with Gasteiger partial charge in [-0.3, -0.25) is 19.2 Å². The van der Waals surface area contributed by atoms with Crippen LogP contribution in [0.1, 0.15) is 47.5 Å². The van der Waals surface area contributed by atoms with E-state index in [9.17, 15) is 24.0 Å². The number of methoxy groups -OCH3 is 1. The van der Waals surface area contributed by atoms with Crippen LogP contribution in [0.3, 0.4) is 0 Å². The number of likely N-dealkylation sites (tertiary alicyclic amines) is 1. The number of amides is 5. The van der Waals surface area contributed by atoms with Crippen molar-refractivity contribution in [1.82, 2.24) is 20.9 Å². The molecule has 11 nitrogen and oxygen atoms in total. The predicted octanol–water partition coefficient (Wildman–Crippen LogP) is -0.264. The van der Waals surface area contributed by atoms with E-state index in [0.717, 1.165) is 0 Å². The Morgan fingerprint density at radius 2 is 1.88 bits per heavy atom. The second-order valence-corrected chi connectivity index (χ2v) is 11.3. The van der Waals surface area contributed by atoms with E-state index in [4.69, 9.17) is 10.5 Å². The van der Waals surface area contributed by atoms with E-state index in [1.165, 1.54) is 12.0 Å². The van der Waals surface area contributed by atoms with Crippen LogP contribution in [0.2, 0.25) is 0 Å². The molecule has 2 aliphatic heterocycles. The molecule has 0 aromatic rings. The fourth-order valence-corrected chi connectivity index (χ4v) is 5.46. The molecule has 2 heterocycles. The fraction of sp³-hybridized carbons (Fsp3) is 0.783. The summed E-state index contributed by atoms with van der Waals surface area (Å²) in [5.41, 5.74) is 4.77. The highest BCUT2D eigenvalue weighted by atomic mass is 16.5. The second kappa shape index (κ2) is 9.07. The molecule has 6 atom stereocenters. The minimum Gasteiger partial charge on any atom is -0.453 e. The van der Waals surface area contributed by atoms with E-state index in [-0.39, 0.29) is 35.5 Å². The fourth-order valence-electron chi connectivity index (χ4n) is 5.46. The lowest BCUT2D eigenvalue weighted by Crippen LogP contribution is -2.60. The van der Waals surface area contributed by atoms with E-state index < -0.39 is 47.4 Å². The third-order valence-corrected chi connectivity index (χ3v) is 7.66. The monoisotopic (exact) mass is 479 g/mol. The summed E-state index contributed by atoms with van der Waals surface area (Å²) in [6.07, 6.45) is -0.0568. The smallest absolute Gasteiger partial charge is 0.407 e. The maximum Gasteiger partial charge on any atom is 0.407 e. The molecule has 1 aliphatic carbocycles. The topological polar surface area (TPSA) is 160 Å². The average molecular weight is 480 g/mol. The molecule has 3 aliphatic rings. The van der Waals surface area contributed by atoms with Crippen LogP contribution in [0.25, 0.3) is 0 Å². The number of carbonyl (C=O) groups is 5. The molecule has 0 unspecified atom stereocenters. The van der Waals surface area contributed by atoms with Gasteiger partial charge in [-0.25, -0.2) is 4.79 Å². The average Bonchev–Trinajstić information content (AvgIpc) is 3.10. The lowest BCUT2D eigenvalue weighted by Gasteiger charge is -2.37. The summed E-state index contributed by atoms with van der Waals surface area (Å²) in [6.45, 7) is 10.4. The normalized spacial score (nSPS) is 28.9. The number of piperidine rings is 1. The first-order chi connectivity index (χ1) is 15.7. The van der Waals surface area contributed by atoms with Crippen molar-refractivity contribution in [2.45, 2.75) is 65.6 Å². The molecule has 0 bridgehead atoms. The zero-order valence-corrected chi connectivity index (χ0v) is 20.8. The van der Waals surface area contributed by atoms with Gasteiger partial charge in [0, 0.05) is 19.0 Å². The summed E-state index contributed by atoms with van der Waals surface area (Å²) in [5, 5.41) is 8.03. The van der Waals surface area contributed by atoms with Gasteiger partial charge in [-0.1, -0.05) is 34.6 Å². The van der Waals surface area contributed by atoms with Crippen molar-refractivity contribution in [3.8, 4) is 0 Å². The molecular formula is C23H37N5O6. The van der Waals surface area contributed by atoms with Crippen LogP contribution >= 0.6 is 0 Å². The van der Waals surface area contributed by atoms with Gasteiger partial charge in [0.05, 0.1) is 7.11 Å². The molecule has 0 spiro atoms. The number of hydrogen-bond acceptors (Lipinski definition) is 6. The lowest BCUT2D eigenvalue weighted by atomic mass is 9.85. The van der Waals surface area contributed by atoms with E-state index in [1.807, 2.05) is 34.6 Å². The van der Waals surface area contributed by atoms with Crippen LogP contribution in [-0.4, -0.2) is 72.9 Å². The summed E-state index contributed by atoms with van der Waals surface area (Å²) < 4.78 is 4.69. The largest absolute Gasteiger partial charge is 0.453 e. The number of nitrogens with two attached hydrogens (primary N) is 1. The standard InChI is InChI=1S/C23H37N5O6/c1-22(2,3)16(27-21(33)34-6)20(32)28-10-12-14(23(12,4)5)15(28)19(31)26-13(17(24)29)9-11-7-8-25-18(11)30/h11-16H,7-10H2,1-6H3,(H2,24,29)(H,25,30)(H,26,31)(H,27,33)/t11-,12-,13-,14-,15-,16+/m0/s1. The third-order valence-electron chi connectivity index (χ3n) is 7.66. The quantitative estimate of drug-likeness (QED) is 0.393. The third kappa shape index (κ3) is 4.83. The number of ether oxygens (including phenoxy) is 1. The molecular weight excluding hydrogens is 442 g/mol. The summed E-state index contributed by atoms with van der Waals surface area (Å²) in [6, 6.07) is -2.74. The molecule has 34 heavy (non-hydrogen) atoms. The molecule has 5 N–H and O–H groups in total. The highest BCUT2D eigenvalue weighted by Crippen LogP contribution is 2.65. The van der Waals surface area contributed by atoms with Crippen LogP contribution in [-0.2, 0) is 23.9 Å². The second-order valence-electron chi connectivity index (χ2n) is 11.3. The summed E-state index contributed by atoms with van der Waals surface area (Å²) >= 11 is 0. The maximum atomic E-state index is 13.6. The summed E-state index contributed by atoms with van der Waals surface area (Å²) in [4.78, 5) is 64.6. The van der Waals surface area contributed by atoms with Gasteiger partial charge in [-0.15, -0.1) is 0 Å². The Balaban J connectivity index is 1.82. The van der Waals surface area contributed by atoms with Crippen LogP contribution in [0.5, 0.6) is 0 Å². The highest BCUT2D eigenvalue weighted by molar-refractivity contribution is 5.95. The molecule has 0 aromatic carbocycles. The Kier molecular flexibility index (Phi) is 6.87. The Morgan fingerprint density at radius 3 is 2.38 bits per heavy atom. The zero-order chi connectivity index (χ0) is 25.6. The first-order valence-corrected chi connectivity index (χ1v) is 11.7. The highest BCUT2D eigenvalue weighted by Gasteiger charge is 2.69. The van der Waals surface area contributed by atoms with Gasteiger partial charge >= 0.3 is 6.09 Å². The van der Waals surface area contributed by atoms with Crippen molar-refractivity contribution in [2.24, 2.45) is 34.3 Å². The zero-order valence-electron chi connectivity index (χ0n) is 20.8. The molecule has 190 valence electrons.